The average Bonchev–Trinajstić information content (AvgIpc) is 3.05. The summed E-state index contributed by atoms with van der Waals surface area (Å²) in [6, 6.07) is 1.56. The van der Waals surface area contributed by atoms with Crippen LogP contribution in [0.3, 0.4) is 0 Å². The monoisotopic (exact) mass is 311 g/mol. The second-order valence-electron chi connectivity index (χ2n) is 5.13. The first-order chi connectivity index (χ1) is 10.6. The third-order valence-electron chi connectivity index (χ3n) is 3.76. The lowest BCUT2D eigenvalue weighted by molar-refractivity contribution is -0.0508. The van der Waals surface area contributed by atoms with Crippen molar-refractivity contribution in [1.82, 2.24) is 14.1 Å². The van der Waals surface area contributed by atoms with E-state index >= 15 is 0 Å². The predicted molar refractivity (Wildman–Crippen MR) is 74.0 cm³/mol. The highest BCUT2D eigenvalue weighted by Crippen LogP contribution is 2.31. The number of aliphatic hydroxyl groups is 3. The van der Waals surface area contributed by atoms with Crippen molar-refractivity contribution in [3.63, 3.8) is 0 Å². The quantitative estimate of drug-likeness (QED) is 0.623. The van der Waals surface area contributed by atoms with Crippen molar-refractivity contribution in [2.45, 2.75) is 31.3 Å². The van der Waals surface area contributed by atoms with Crippen LogP contribution in [0.15, 0.2) is 23.4 Å². The van der Waals surface area contributed by atoms with Gasteiger partial charge in [-0.15, -0.1) is 0 Å². The molecule has 1 aliphatic rings. The number of hydrogen-bond donors (Lipinski definition) is 3. The van der Waals surface area contributed by atoms with Crippen LogP contribution >= 0.6 is 0 Å². The van der Waals surface area contributed by atoms with Gasteiger partial charge in [-0.1, -0.05) is 0 Å². The number of nitrogens with zero attached hydrogens (tertiary/aromatic N) is 3. The second kappa shape index (κ2) is 5.78. The van der Waals surface area contributed by atoms with E-state index in [0.717, 1.165) is 0 Å². The Morgan fingerprint density at radius 1 is 1.41 bits per heavy atom. The van der Waals surface area contributed by atoms with Crippen molar-refractivity contribution in [2.75, 3.05) is 13.7 Å². The molecule has 3 heterocycles. The minimum Gasteiger partial charge on any atom is -0.394 e. The SMILES string of the molecule is COCn1cnc2c(ccn2C2OC(CO)C(O)C2O)c1=O. The lowest BCUT2D eigenvalue weighted by Crippen LogP contribution is -2.33. The topological polar surface area (TPSA) is 119 Å². The molecule has 1 aliphatic heterocycles. The zero-order valence-electron chi connectivity index (χ0n) is 11.9. The lowest BCUT2D eigenvalue weighted by Gasteiger charge is -2.17. The first kappa shape index (κ1) is 15.1. The summed E-state index contributed by atoms with van der Waals surface area (Å²) in [7, 11) is 1.47. The zero-order chi connectivity index (χ0) is 15.9. The van der Waals surface area contributed by atoms with Gasteiger partial charge in [0.25, 0.3) is 5.56 Å². The van der Waals surface area contributed by atoms with Gasteiger partial charge < -0.3 is 29.4 Å². The molecule has 4 unspecified atom stereocenters. The van der Waals surface area contributed by atoms with Crippen LogP contribution in [0.2, 0.25) is 0 Å². The highest BCUT2D eigenvalue weighted by atomic mass is 16.6. The molecule has 3 rings (SSSR count). The number of methoxy groups -OCH3 is 1. The van der Waals surface area contributed by atoms with Gasteiger partial charge >= 0.3 is 0 Å². The van der Waals surface area contributed by atoms with Gasteiger partial charge in [-0.3, -0.25) is 9.36 Å². The van der Waals surface area contributed by atoms with Gasteiger partial charge in [0.2, 0.25) is 0 Å². The Hall–Kier alpha value is -1.78. The van der Waals surface area contributed by atoms with Crippen LogP contribution < -0.4 is 5.56 Å². The fraction of sp³-hybridized carbons (Fsp3) is 0.538. The number of rotatable bonds is 4. The van der Waals surface area contributed by atoms with Crippen LogP contribution in [0.4, 0.5) is 0 Å². The van der Waals surface area contributed by atoms with Crippen molar-refractivity contribution >= 4 is 11.0 Å². The number of aromatic nitrogens is 3. The summed E-state index contributed by atoms with van der Waals surface area (Å²) in [6.45, 7) is -0.331. The predicted octanol–water partition coefficient (Wildman–Crippen LogP) is -1.59. The molecular weight excluding hydrogens is 294 g/mol. The normalized spacial score (nSPS) is 28.5. The van der Waals surface area contributed by atoms with Gasteiger partial charge in [0.15, 0.2) is 6.23 Å². The van der Waals surface area contributed by atoms with Crippen molar-refractivity contribution in [2.24, 2.45) is 0 Å². The average molecular weight is 311 g/mol. The highest BCUT2D eigenvalue weighted by molar-refractivity contribution is 5.74. The minimum atomic E-state index is -1.23. The Labute approximate surface area is 125 Å². The van der Waals surface area contributed by atoms with Crippen molar-refractivity contribution in [1.29, 1.82) is 0 Å². The lowest BCUT2D eigenvalue weighted by atomic mass is 10.1. The van der Waals surface area contributed by atoms with Crippen LogP contribution in [-0.4, -0.2) is 61.5 Å². The molecule has 0 radical (unpaired) electrons. The van der Waals surface area contributed by atoms with Crippen LogP contribution in [0, 0.1) is 0 Å². The molecule has 2 aromatic heterocycles. The van der Waals surface area contributed by atoms with E-state index < -0.39 is 31.1 Å². The summed E-state index contributed by atoms with van der Waals surface area (Å²) in [5.74, 6) is 0. The number of aliphatic hydroxyl groups excluding tert-OH is 3. The molecule has 3 N–H and O–H groups in total. The molecule has 1 fully saturated rings. The number of fused-ring (bicyclic) bond motifs is 1. The Balaban J connectivity index is 2.03. The molecule has 0 aliphatic carbocycles. The maximum Gasteiger partial charge on any atom is 0.264 e. The fourth-order valence-corrected chi connectivity index (χ4v) is 2.62. The molecular formula is C13H17N3O6. The molecule has 0 saturated carbocycles. The first-order valence-corrected chi connectivity index (χ1v) is 6.76. The van der Waals surface area contributed by atoms with Crippen molar-refractivity contribution in [3.05, 3.63) is 28.9 Å². The van der Waals surface area contributed by atoms with Crippen molar-refractivity contribution < 1.29 is 24.8 Å². The summed E-state index contributed by atoms with van der Waals surface area (Å²) >= 11 is 0. The zero-order valence-corrected chi connectivity index (χ0v) is 11.9. The molecule has 9 heteroatoms. The molecule has 120 valence electrons. The Kier molecular flexibility index (Phi) is 3.98. The first-order valence-electron chi connectivity index (χ1n) is 6.76. The molecule has 1 saturated heterocycles. The van der Waals surface area contributed by atoms with Gasteiger partial charge in [0.1, 0.15) is 37.0 Å². The summed E-state index contributed by atoms with van der Waals surface area (Å²) < 4.78 is 13.1. The second-order valence-corrected chi connectivity index (χ2v) is 5.13. The summed E-state index contributed by atoms with van der Waals surface area (Å²) in [4.78, 5) is 16.4. The summed E-state index contributed by atoms with van der Waals surface area (Å²) in [5.41, 5.74) is 0.0459. The van der Waals surface area contributed by atoms with Gasteiger partial charge in [-0.25, -0.2) is 4.98 Å². The maximum atomic E-state index is 12.2. The van der Waals surface area contributed by atoms with Crippen LogP contribution in [0.25, 0.3) is 11.0 Å². The van der Waals surface area contributed by atoms with E-state index in [1.165, 1.54) is 22.6 Å². The molecule has 9 nitrogen and oxygen atoms in total. The van der Waals surface area contributed by atoms with E-state index in [1.807, 2.05) is 0 Å². The largest absolute Gasteiger partial charge is 0.394 e. The van der Waals surface area contributed by atoms with Crippen LogP contribution in [0.5, 0.6) is 0 Å². The highest BCUT2D eigenvalue weighted by Gasteiger charge is 2.43. The Bertz CT molecular complexity index is 726. The minimum absolute atomic E-state index is 0.0841. The molecule has 2 aromatic rings. The fourth-order valence-electron chi connectivity index (χ4n) is 2.62. The van der Waals surface area contributed by atoms with Crippen LogP contribution in [0.1, 0.15) is 6.23 Å². The Morgan fingerprint density at radius 2 is 2.18 bits per heavy atom. The smallest absolute Gasteiger partial charge is 0.264 e. The maximum absolute atomic E-state index is 12.2. The van der Waals surface area contributed by atoms with Gasteiger partial charge in [0, 0.05) is 13.3 Å². The third-order valence-corrected chi connectivity index (χ3v) is 3.76. The van der Waals surface area contributed by atoms with E-state index in [9.17, 15) is 15.0 Å². The van der Waals surface area contributed by atoms with E-state index in [4.69, 9.17) is 14.6 Å². The third kappa shape index (κ3) is 2.23. The van der Waals surface area contributed by atoms with E-state index in [-0.39, 0.29) is 12.3 Å². The van der Waals surface area contributed by atoms with Crippen LogP contribution in [-0.2, 0) is 16.2 Å². The van der Waals surface area contributed by atoms with Gasteiger partial charge in [-0.05, 0) is 6.07 Å². The molecule has 0 aromatic carbocycles. The summed E-state index contributed by atoms with van der Waals surface area (Å²) in [6.07, 6.45) is -1.35. The van der Waals surface area contributed by atoms with E-state index in [0.29, 0.717) is 11.0 Å². The molecule has 4 atom stereocenters. The standard InChI is InChI=1S/C13H17N3O6/c1-21-6-15-5-14-11-7(12(15)20)2-3-16(11)13-10(19)9(18)8(4-17)22-13/h2-3,5,8-10,13,17-19H,4,6H2,1H3. The summed E-state index contributed by atoms with van der Waals surface area (Å²) in [5, 5.41) is 29.4. The molecule has 0 bridgehead atoms. The van der Waals surface area contributed by atoms with Gasteiger partial charge in [-0.2, -0.15) is 0 Å². The van der Waals surface area contributed by atoms with Crippen molar-refractivity contribution in [3.8, 4) is 0 Å². The van der Waals surface area contributed by atoms with E-state index in [1.54, 1.807) is 12.3 Å². The Morgan fingerprint density at radius 3 is 2.82 bits per heavy atom. The molecule has 0 amide bonds. The molecule has 0 spiro atoms. The number of hydrogen-bond acceptors (Lipinski definition) is 7. The number of ether oxygens (including phenoxy) is 2. The van der Waals surface area contributed by atoms with E-state index in [2.05, 4.69) is 4.98 Å². The molecule has 22 heavy (non-hydrogen) atoms. The van der Waals surface area contributed by atoms with Gasteiger partial charge in [0.05, 0.1) is 12.0 Å².